The number of rotatable bonds is 8. The number of hydrogen-bond acceptors (Lipinski definition) is 5. The monoisotopic (exact) mass is 353 g/mol. The molecule has 7 nitrogen and oxygen atoms in total. The third kappa shape index (κ3) is 4.58. The highest BCUT2D eigenvalue weighted by atomic mass is 16.5. The van der Waals surface area contributed by atoms with Gasteiger partial charge in [0.1, 0.15) is 0 Å². The van der Waals surface area contributed by atoms with Gasteiger partial charge < -0.3 is 14.4 Å². The summed E-state index contributed by atoms with van der Waals surface area (Å²) in [6, 6.07) is 11.9. The number of amides is 1. The van der Waals surface area contributed by atoms with E-state index in [1.165, 1.54) is 5.56 Å². The van der Waals surface area contributed by atoms with Gasteiger partial charge in [0.25, 0.3) is 5.91 Å². The quantitative estimate of drug-likeness (QED) is 0.673. The maximum absolute atomic E-state index is 12.3. The van der Waals surface area contributed by atoms with Crippen LogP contribution in [0.3, 0.4) is 0 Å². The van der Waals surface area contributed by atoms with Crippen LogP contribution in [0, 0.1) is 0 Å². The maximum atomic E-state index is 12.3. The summed E-state index contributed by atoms with van der Waals surface area (Å²) in [6.07, 6.45) is 3.49. The smallest absolute Gasteiger partial charge is 0.273 e. The number of nitrogens with zero attached hydrogens (tertiary/aromatic N) is 4. The normalized spacial score (nSPS) is 11.0. The van der Waals surface area contributed by atoms with E-state index in [9.17, 15) is 4.79 Å². The molecule has 3 rings (SSSR count). The van der Waals surface area contributed by atoms with E-state index in [1.54, 1.807) is 18.6 Å². The minimum atomic E-state index is -0.255. The lowest BCUT2D eigenvalue weighted by Crippen LogP contribution is -2.24. The first-order chi connectivity index (χ1) is 12.7. The van der Waals surface area contributed by atoms with E-state index < -0.39 is 0 Å². The lowest BCUT2D eigenvalue weighted by molar-refractivity contribution is 0.0940. The van der Waals surface area contributed by atoms with E-state index in [1.807, 2.05) is 36.7 Å². The molecule has 0 aliphatic heterocycles. The van der Waals surface area contributed by atoms with Crippen molar-refractivity contribution in [1.82, 2.24) is 24.9 Å². The van der Waals surface area contributed by atoms with Crippen LogP contribution in [0.4, 0.5) is 0 Å². The van der Waals surface area contributed by atoms with Gasteiger partial charge >= 0.3 is 0 Å². The largest absolute Gasteiger partial charge is 0.359 e. The Labute approximate surface area is 152 Å². The van der Waals surface area contributed by atoms with E-state index in [0.717, 1.165) is 18.8 Å². The summed E-state index contributed by atoms with van der Waals surface area (Å²) in [7, 11) is 2.00. The Bertz CT molecular complexity index is 841. The minimum Gasteiger partial charge on any atom is -0.359 e. The van der Waals surface area contributed by atoms with Gasteiger partial charge in [0.2, 0.25) is 0 Å². The molecule has 2 heterocycles. The Hall–Kier alpha value is -2.93. The maximum Gasteiger partial charge on any atom is 0.273 e. The molecule has 1 aromatic carbocycles. The van der Waals surface area contributed by atoms with E-state index >= 15 is 0 Å². The summed E-state index contributed by atoms with van der Waals surface area (Å²) in [4.78, 5) is 18.4. The van der Waals surface area contributed by atoms with Gasteiger partial charge in [-0.15, -0.1) is 0 Å². The molecule has 136 valence electrons. The van der Waals surface area contributed by atoms with Crippen LogP contribution >= 0.6 is 0 Å². The molecule has 1 N–H and O–H groups in total. The standard InChI is InChI=1S/C19H23N5O2/c1-3-24-14-20-10-16(24)11-21-19(25)18-9-17(26-22-18)13-23(2)12-15-7-5-4-6-8-15/h4-10,14H,3,11-13H2,1-2H3,(H,21,25). The van der Waals surface area contributed by atoms with Crippen LogP contribution in [0.5, 0.6) is 0 Å². The molecule has 0 saturated carbocycles. The number of aromatic nitrogens is 3. The second-order valence-electron chi connectivity index (χ2n) is 6.19. The van der Waals surface area contributed by atoms with Crippen molar-refractivity contribution in [2.45, 2.75) is 33.1 Å². The fourth-order valence-corrected chi connectivity index (χ4v) is 2.75. The summed E-state index contributed by atoms with van der Waals surface area (Å²) >= 11 is 0. The molecule has 0 aliphatic rings. The van der Waals surface area contributed by atoms with Crippen LogP contribution in [0.25, 0.3) is 0 Å². The van der Waals surface area contributed by atoms with Crippen LogP contribution in [-0.2, 0) is 26.2 Å². The van der Waals surface area contributed by atoms with Gasteiger partial charge in [0.15, 0.2) is 11.5 Å². The highest BCUT2D eigenvalue weighted by Crippen LogP contribution is 2.10. The number of nitrogens with one attached hydrogen (secondary N) is 1. The molecule has 1 amide bonds. The molecule has 0 fully saturated rings. The second-order valence-corrected chi connectivity index (χ2v) is 6.19. The summed E-state index contributed by atoms with van der Waals surface area (Å²) in [5.41, 5.74) is 2.46. The molecular formula is C19H23N5O2. The first-order valence-electron chi connectivity index (χ1n) is 8.61. The third-order valence-corrected chi connectivity index (χ3v) is 4.08. The van der Waals surface area contributed by atoms with Crippen molar-refractivity contribution in [3.63, 3.8) is 0 Å². The topological polar surface area (TPSA) is 76.2 Å². The highest BCUT2D eigenvalue weighted by molar-refractivity contribution is 5.92. The first-order valence-corrected chi connectivity index (χ1v) is 8.61. The average Bonchev–Trinajstić information content (AvgIpc) is 3.29. The Balaban J connectivity index is 1.52. The molecule has 2 aromatic heterocycles. The van der Waals surface area contributed by atoms with Crippen molar-refractivity contribution in [2.75, 3.05) is 7.05 Å². The number of aryl methyl sites for hydroxylation is 1. The predicted molar refractivity (Wildman–Crippen MR) is 97.2 cm³/mol. The Morgan fingerprint density at radius 2 is 2.08 bits per heavy atom. The number of imidazole rings is 1. The molecule has 0 aliphatic carbocycles. The first kappa shape index (κ1) is 17.9. The van der Waals surface area contributed by atoms with Crippen molar-refractivity contribution in [3.8, 4) is 0 Å². The SMILES string of the molecule is CCn1cncc1CNC(=O)c1cc(CN(C)Cc2ccccc2)on1. The van der Waals surface area contributed by atoms with Gasteiger partial charge in [0.05, 0.1) is 25.1 Å². The van der Waals surface area contributed by atoms with Gasteiger partial charge in [0, 0.05) is 25.4 Å². The second kappa shape index (κ2) is 8.44. The molecule has 0 bridgehead atoms. The third-order valence-electron chi connectivity index (χ3n) is 4.08. The van der Waals surface area contributed by atoms with Gasteiger partial charge in [-0.05, 0) is 19.5 Å². The van der Waals surface area contributed by atoms with Crippen LogP contribution in [-0.4, -0.2) is 32.6 Å². The fraction of sp³-hybridized carbons (Fsp3) is 0.316. The molecule has 7 heteroatoms. The van der Waals surface area contributed by atoms with Crippen molar-refractivity contribution < 1.29 is 9.32 Å². The van der Waals surface area contributed by atoms with Crippen molar-refractivity contribution >= 4 is 5.91 Å². The molecular weight excluding hydrogens is 330 g/mol. The molecule has 0 saturated heterocycles. The van der Waals surface area contributed by atoms with Crippen LogP contribution in [0.15, 0.2) is 53.4 Å². The Morgan fingerprint density at radius 1 is 1.27 bits per heavy atom. The minimum absolute atomic E-state index is 0.255. The molecule has 0 unspecified atom stereocenters. The van der Waals surface area contributed by atoms with E-state index in [-0.39, 0.29) is 11.6 Å². The predicted octanol–water partition coefficient (Wildman–Crippen LogP) is 2.45. The fourth-order valence-electron chi connectivity index (χ4n) is 2.75. The zero-order chi connectivity index (χ0) is 18.4. The molecule has 26 heavy (non-hydrogen) atoms. The number of carbonyl (C=O) groups excluding carboxylic acids is 1. The molecule has 0 radical (unpaired) electrons. The summed E-state index contributed by atoms with van der Waals surface area (Å²) < 4.78 is 7.29. The Morgan fingerprint density at radius 3 is 2.85 bits per heavy atom. The van der Waals surface area contributed by atoms with Crippen molar-refractivity contribution in [3.05, 3.63) is 71.6 Å². The van der Waals surface area contributed by atoms with Crippen LogP contribution < -0.4 is 5.32 Å². The zero-order valence-electron chi connectivity index (χ0n) is 15.1. The summed E-state index contributed by atoms with van der Waals surface area (Å²) in [6.45, 7) is 4.63. The van der Waals surface area contributed by atoms with E-state index in [2.05, 4.69) is 32.5 Å². The van der Waals surface area contributed by atoms with Crippen LogP contribution in [0.1, 0.15) is 34.4 Å². The average molecular weight is 353 g/mol. The number of benzene rings is 1. The lowest BCUT2D eigenvalue weighted by Gasteiger charge is -2.14. The van der Waals surface area contributed by atoms with Gasteiger partial charge in [-0.25, -0.2) is 4.98 Å². The van der Waals surface area contributed by atoms with Crippen molar-refractivity contribution in [2.24, 2.45) is 0 Å². The van der Waals surface area contributed by atoms with Gasteiger partial charge in [-0.1, -0.05) is 35.5 Å². The Kier molecular flexibility index (Phi) is 5.80. The molecule has 3 aromatic rings. The molecule has 0 atom stereocenters. The summed E-state index contributed by atoms with van der Waals surface area (Å²) in [5, 5.41) is 6.73. The zero-order valence-corrected chi connectivity index (χ0v) is 15.1. The molecule has 0 spiro atoms. The van der Waals surface area contributed by atoms with Crippen molar-refractivity contribution in [1.29, 1.82) is 0 Å². The van der Waals surface area contributed by atoms with Gasteiger partial charge in [-0.2, -0.15) is 0 Å². The summed E-state index contributed by atoms with van der Waals surface area (Å²) in [5.74, 6) is 0.404. The van der Waals surface area contributed by atoms with Crippen LogP contribution in [0.2, 0.25) is 0 Å². The van der Waals surface area contributed by atoms with E-state index in [0.29, 0.717) is 18.8 Å². The number of hydrogen-bond donors (Lipinski definition) is 1. The highest BCUT2D eigenvalue weighted by Gasteiger charge is 2.14. The van der Waals surface area contributed by atoms with Gasteiger partial charge in [-0.3, -0.25) is 9.69 Å². The number of carbonyl (C=O) groups is 1. The lowest BCUT2D eigenvalue weighted by atomic mass is 10.2. The van der Waals surface area contributed by atoms with E-state index in [4.69, 9.17) is 4.52 Å².